The minimum Gasteiger partial charge on any atom is -0.357 e. The van der Waals surface area contributed by atoms with Crippen LogP contribution in [0, 0.1) is 5.82 Å². The van der Waals surface area contributed by atoms with Crippen LogP contribution in [0.3, 0.4) is 0 Å². The van der Waals surface area contributed by atoms with Crippen molar-refractivity contribution in [2.24, 2.45) is 4.99 Å². The molecule has 1 aliphatic heterocycles. The fourth-order valence-electron chi connectivity index (χ4n) is 3.54. The number of nitrogens with zero attached hydrogens (tertiary/aromatic N) is 3. The van der Waals surface area contributed by atoms with Gasteiger partial charge in [0.15, 0.2) is 5.96 Å². The average molecular weight is 539 g/mol. The van der Waals surface area contributed by atoms with E-state index in [2.05, 4.69) is 58.7 Å². The van der Waals surface area contributed by atoms with E-state index in [0.717, 1.165) is 57.2 Å². The minimum absolute atomic E-state index is 0. The molecule has 0 unspecified atom stereocenters. The van der Waals surface area contributed by atoms with Gasteiger partial charge in [-0.25, -0.2) is 9.38 Å². The van der Waals surface area contributed by atoms with E-state index < -0.39 is 0 Å². The first-order valence-electron chi connectivity index (χ1n) is 10.9. The summed E-state index contributed by atoms with van der Waals surface area (Å²) in [7, 11) is 2.19. The molecule has 0 atom stereocenters. The molecule has 0 amide bonds. The van der Waals surface area contributed by atoms with Crippen LogP contribution < -0.4 is 10.6 Å². The Morgan fingerprint density at radius 2 is 1.68 bits per heavy atom. The highest BCUT2D eigenvalue weighted by Gasteiger charge is 2.13. The third-order valence-electron chi connectivity index (χ3n) is 5.38. The van der Waals surface area contributed by atoms with E-state index in [1.165, 1.54) is 17.2 Å². The van der Waals surface area contributed by atoms with Gasteiger partial charge in [0.2, 0.25) is 0 Å². The molecule has 0 aliphatic carbocycles. The van der Waals surface area contributed by atoms with Crippen LogP contribution in [0.4, 0.5) is 4.39 Å². The van der Waals surface area contributed by atoms with Gasteiger partial charge in [-0.1, -0.05) is 36.4 Å². The molecule has 5 nitrogen and oxygen atoms in total. The summed E-state index contributed by atoms with van der Waals surface area (Å²) in [5.41, 5.74) is 3.53. The van der Waals surface area contributed by atoms with Crippen LogP contribution in [-0.4, -0.2) is 62.1 Å². The molecule has 1 heterocycles. The van der Waals surface area contributed by atoms with Crippen molar-refractivity contribution in [1.82, 2.24) is 20.4 Å². The number of guanidine groups is 1. The summed E-state index contributed by atoms with van der Waals surface area (Å²) in [6.45, 7) is 9.77. The Hall–Kier alpha value is -1.71. The first-order chi connectivity index (χ1) is 14.6. The highest BCUT2D eigenvalue weighted by molar-refractivity contribution is 14.0. The Balaban J connectivity index is 0.00000341. The number of piperazine rings is 1. The number of hydrogen-bond donors (Lipinski definition) is 2. The van der Waals surface area contributed by atoms with Crippen LogP contribution in [0.1, 0.15) is 23.6 Å². The van der Waals surface area contributed by atoms with Gasteiger partial charge in [-0.2, -0.15) is 0 Å². The standard InChI is InChI=1S/C24H34FN5.HI/c1-3-26-24(27-12-11-20-5-4-6-23(25)17-20)28-18-21-7-9-22(10-8-21)19-30-15-13-29(2)14-16-30;/h4-10,17H,3,11-16,18-19H2,1-2H3,(H2,26,27,28);1H. The Kier molecular flexibility index (Phi) is 11.2. The van der Waals surface area contributed by atoms with Crippen LogP contribution in [0.2, 0.25) is 0 Å². The summed E-state index contributed by atoms with van der Waals surface area (Å²) >= 11 is 0. The summed E-state index contributed by atoms with van der Waals surface area (Å²) in [5, 5.41) is 6.61. The number of rotatable bonds is 8. The molecule has 0 saturated carbocycles. The molecule has 2 aromatic carbocycles. The van der Waals surface area contributed by atoms with Crippen molar-refractivity contribution in [2.75, 3.05) is 46.3 Å². The molecule has 1 fully saturated rings. The monoisotopic (exact) mass is 539 g/mol. The van der Waals surface area contributed by atoms with Gasteiger partial charge in [-0.3, -0.25) is 4.90 Å². The van der Waals surface area contributed by atoms with E-state index in [0.29, 0.717) is 13.1 Å². The van der Waals surface area contributed by atoms with E-state index in [1.54, 1.807) is 12.1 Å². The molecular formula is C24H35FIN5. The van der Waals surface area contributed by atoms with Crippen molar-refractivity contribution in [3.05, 3.63) is 71.0 Å². The summed E-state index contributed by atoms with van der Waals surface area (Å²) in [4.78, 5) is 9.58. The van der Waals surface area contributed by atoms with Crippen molar-refractivity contribution < 1.29 is 4.39 Å². The highest BCUT2D eigenvalue weighted by atomic mass is 127. The molecule has 2 N–H and O–H groups in total. The number of hydrogen-bond acceptors (Lipinski definition) is 3. The van der Waals surface area contributed by atoms with Crippen molar-refractivity contribution in [3.8, 4) is 0 Å². The largest absolute Gasteiger partial charge is 0.357 e. The van der Waals surface area contributed by atoms with Crippen molar-refractivity contribution >= 4 is 29.9 Å². The lowest BCUT2D eigenvalue weighted by Crippen LogP contribution is -2.43. The zero-order valence-electron chi connectivity index (χ0n) is 18.6. The normalized spacial score (nSPS) is 15.4. The SMILES string of the molecule is CCNC(=NCc1ccc(CN2CCN(C)CC2)cc1)NCCc1cccc(F)c1.I. The average Bonchev–Trinajstić information content (AvgIpc) is 2.75. The fourth-order valence-corrected chi connectivity index (χ4v) is 3.54. The molecule has 0 spiro atoms. The van der Waals surface area contributed by atoms with Crippen molar-refractivity contribution in [1.29, 1.82) is 0 Å². The van der Waals surface area contributed by atoms with Gasteiger partial charge in [0.05, 0.1) is 6.54 Å². The number of benzene rings is 2. The fraction of sp³-hybridized carbons (Fsp3) is 0.458. The quantitative estimate of drug-likeness (QED) is 0.307. The topological polar surface area (TPSA) is 42.9 Å². The van der Waals surface area contributed by atoms with Gasteiger partial charge in [-0.05, 0) is 49.2 Å². The summed E-state index contributed by atoms with van der Waals surface area (Å²) in [6.07, 6.45) is 0.753. The number of likely N-dealkylation sites (N-methyl/N-ethyl adjacent to an activating group) is 1. The molecule has 2 aromatic rings. The molecule has 7 heteroatoms. The molecule has 170 valence electrons. The van der Waals surface area contributed by atoms with Crippen LogP contribution in [0.25, 0.3) is 0 Å². The van der Waals surface area contributed by atoms with E-state index in [-0.39, 0.29) is 29.8 Å². The minimum atomic E-state index is -0.191. The van der Waals surface area contributed by atoms with E-state index in [1.807, 2.05) is 6.07 Å². The van der Waals surface area contributed by atoms with Crippen LogP contribution in [0.15, 0.2) is 53.5 Å². The van der Waals surface area contributed by atoms with Gasteiger partial charge < -0.3 is 15.5 Å². The molecule has 1 aliphatic rings. The molecule has 1 saturated heterocycles. The molecular weight excluding hydrogens is 504 g/mol. The van der Waals surface area contributed by atoms with Crippen LogP contribution in [-0.2, 0) is 19.5 Å². The molecule has 0 bridgehead atoms. The maximum Gasteiger partial charge on any atom is 0.191 e. The zero-order chi connectivity index (χ0) is 21.2. The third-order valence-corrected chi connectivity index (χ3v) is 5.38. The summed E-state index contributed by atoms with van der Waals surface area (Å²) in [5.74, 6) is 0.597. The predicted octanol–water partition coefficient (Wildman–Crippen LogP) is 3.49. The number of aliphatic imine (C=N–C) groups is 1. The van der Waals surface area contributed by atoms with Gasteiger partial charge in [-0.15, -0.1) is 24.0 Å². The van der Waals surface area contributed by atoms with Gasteiger partial charge in [0, 0.05) is 45.8 Å². The highest BCUT2D eigenvalue weighted by Crippen LogP contribution is 2.10. The van der Waals surface area contributed by atoms with Gasteiger partial charge in [0.25, 0.3) is 0 Å². The van der Waals surface area contributed by atoms with Gasteiger partial charge >= 0.3 is 0 Å². The lowest BCUT2D eigenvalue weighted by Gasteiger charge is -2.32. The van der Waals surface area contributed by atoms with E-state index in [9.17, 15) is 4.39 Å². The molecule has 0 aromatic heterocycles. The molecule has 3 rings (SSSR count). The summed E-state index contributed by atoms with van der Waals surface area (Å²) < 4.78 is 13.3. The number of halogens is 2. The third kappa shape index (κ3) is 9.13. The van der Waals surface area contributed by atoms with Crippen molar-refractivity contribution in [3.63, 3.8) is 0 Å². The smallest absolute Gasteiger partial charge is 0.191 e. The maximum atomic E-state index is 13.3. The number of nitrogens with one attached hydrogen (secondary N) is 2. The van der Waals surface area contributed by atoms with Crippen LogP contribution in [0.5, 0.6) is 0 Å². The second kappa shape index (κ2) is 13.6. The van der Waals surface area contributed by atoms with E-state index >= 15 is 0 Å². The predicted molar refractivity (Wildman–Crippen MR) is 138 cm³/mol. The summed E-state index contributed by atoms with van der Waals surface area (Å²) in [6, 6.07) is 15.5. The first-order valence-corrected chi connectivity index (χ1v) is 10.9. The lowest BCUT2D eigenvalue weighted by molar-refractivity contribution is 0.148. The Morgan fingerprint density at radius 1 is 0.968 bits per heavy atom. The second-order valence-electron chi connectivity index (χ2n) is 7.90. The molecule has 31 heavy (non-hydrogen) atoms. The molecule has 0 radical (unpaired) electrons. The Bertz CT molecular complexity index is 804. The Morgan fingerprint density at radius 3 is 2.35 bits per heavy atom. The van der Waals surface area contributed by atoms with Gasteiger partial charge in [0.1, 0.15) is 5.82 Å². The lowest BCUT2D eigenvalue weighted by atomic mass is 10.1. The van der Waals surface area contributed by atoms with E-state index in [4.69, 9.17) is 4.99 Å². The Labute approximate surface area is 203 Å². The van der Waals surface area contributed by atoms with Crippen molar-refractivity contribution in [2.45, 2.75) is 26.4 Å². The van der Waals surface area contributed by atoms with Crippen LogP contribution >= 0.6 is 24.0 Å². The second-order valence-corrected chi connectivity index (χ2v) is 7.90. The maximum absolute atomic E-state index is 13.3. The zero-order valence-corrected chi connectivity index (χ0v) is 20.9. The first kappa shape index (κ1) is 25.5.